The molecule has 0 N–H and O–H groups in total. The lowest BCUT2D eigenvalue weighted by Gasteiger charge is -2.37. The van der Waals surface area contributed by atoms with Crippen LogP contribution >= 0.6 is 23.5 Å². The quantitative estimate of drug-likeness (QED) is 0.730. The van der Waals surface area contributed by atoms with E-state index in [0.717, 1.165) is 24.3 Å². The fourth-order valence-electron chi connectivity index (χ4n) is 2.75. The van der Waals surface area contributed by atoms with Crippen LogP contribution in [0, 0.1) is 5.41 Å². The smallest absolute Gasteiger partial charge is 0.185 e. The molecule has 0 amide bonds. The van der Waals surface area contributed by atoms with E-state index in [-0.39, 0.29) is 10.2 Å². The summed E-state index contributed by atoms with van der Waals surface area (Å²) in [6.45, 7) is 3.29. The summed E-state index contributed by atoms with van der Waals surface area (Å²) in [6, 6.07) is 0. The summed E-state index contributed by atoms with van der Waals surface area (Å²) in [5.74, 6) is 1.89. The zero-order valence-corrected chi connectivity index (χ0v) is 13.1. The Kier molecular flexibility index (Phi) is 7.38. The Balaban J connectivity index is 2.41. The first kappa shape index (κ1) is 16.1. The summed E-state index contributed by atoms with van der Waals surface area (Å²) < 4.78 is 0. The van der Waals surface area contributed by atoms with Crippen LogP contribution < -0.4 is 0 Å². The van der Waals surface area contributed by atoms with Gasteiger partial charge in [-0.1, -0.05) is 42.8 Å². The van der Waals surface area contributed by atoms with Gasteiger partial charge in [-0.05, 0) is 31.1 Å². The van der Waals surface area contributed by atoms with Crippen molar-refractivity contribution in [3.8, 4) is 0 Å². The molecule has 0 bridgehead atoms. The molecule has 0 atom stereocenters. The van der Waals surface area contributed by atoms with E-state index >= 15 is 0 Å². The third kappa shape index (κ3) is 6.28. The van der Waals surface area contributed by atoms with Gasteiger partial charge in [0.1, 0.15) is 0 Å². The van der Waals surface area contributed by atoms with Gasteiger partial charge < -0.3 is 0 Å². The summed E-state index contributed by atoms with van der Waals surface area (Å²) >= 11 is 2.90. The Morgan fingerprint density at radius 1 is 0.889 bits per heavy atom. The van der Waals surface area contributed by atoms with Crippen molar-refractivity contribution in [2.75, 3.05) is 11.5 Å². The average Bonchev–Trinajstić information content (AvgIpc) is 2.29. The van der Waals surface area contributed by atoms with Crippen molar-refractivity contribution in [1.82, 2.24) is 0 Å². The number of thioether (sulfide) groups is 2. The monoisotopic (exact) mass is 288 g/mol. The molecule has 1 aliphatic rings. The van der Waals surface area contributed by atoms with Crippen molar-refractivity contribution >= 4 is 33.8 Å². The Bertz CT molecular complexity index is 262. The number of rotatable bonds is 6. The highest BCUT2D eigenvalue weighted by atomic mass is 32.2. The second-order valence-electron chi connectivity index (χ2n) is 5.24. The molecule has 0 aromatic carbocycles. The Labute approximate surface area is 119 Å². The van der Waals surface area contributed by atoms with Gasteiger partial charge >= 0.3 is 0 Å². The van der Waals surface area contributed by atoms with Crippen molar-refractivity contribution in [1.29, 1.82) is 0 Å². The molecule has 0 unspecified atom stereocenters. The summed E-state index contributed by atoms with van der Waals surface area (Å²) in [4.78, 5) is 22.0. The van der Waals surface area contributed by atoms with Crippen molar-refractivity contribution in [2.24, 2.45) is 5.41 Å². The normalized spacial score (nSPS) is 18.6. The van der Waals surface area contributed by atoms with Crippen LogP contribution in [0.1, 0.15) is 58.8 Å². The molecule has 2 nitrogen and oxygen atoms in total. The largest absolute Gasteiger partial charge is 0.288 e. The highest BCUT2D eigenvalue weighted by molar-refractivity contribution is 8.13. The van der Waals surface area contributed by atoms with E-state index in [1.54, 1.807) is 13.8 Å². The van der Waals surface area contributed by atoms with Gasteiger partial charge in [0.2, 0.25) is 0 Å². The molecule has 0 aliphatic heterocycles. The molecule has 0 saturated heterocycles. The molecule has 4 heteroatoms. The van der Waals surface area contributed by atoms with Crippen LogP contribution in [0.5, 0.6) is 0 Å². The lowest BCUT2D eigenvalue weighted by Crippen LogP contribution is -2.26. The fourth-order valence-corrected chi connectivity index (χ4v) is 4.39. The van der Waals surface area contributed by atoms with E-state index in [2.05, 4.69) is 0 Å². The first-order valence-corrected chi connectivity index (χ1v) is 8.78. The van der Waals surface area contributed by atoms with Gasteiger partial charge in [0.25, 0.3) is 0 Å². The average molecular weight is 288 g/mol. The molecule has 1 saturated carbocycles. The van der Waals surface area contributed by atoms with E-state index in [1.807, 2.05) is 0 Å². The van der Waals surface area contributed by atoms with Gasteiger partial charge in [-0.25, -0.2) is 0 Å². The van der Waals surface area contributed by atoms with Gasteiger partial charge in [-0.3, -0.25) is 9.59 Å². The molecular formula is C14H24O2S2. The molecular weight excluding hydrogens is 264 g/mol. The van der Waals surface area contributed by atoms with E-state index in [0.29, 0.717) is 5.41 Å². The minimum Gasteiger partial charge on any atom is -0.288 e. The van der Waals surface area contributed by atoms with Crippen molar-refractivity contribution < 1.29 is 9.59 Å². The zero-order chi connectivity index (χ0) is 13.4. The van der Waals surface area contributed by atoms with Crippen LogP contribution in [-0.4, -0.2) is 21.7 Å². The lowest BCUT2D eigenvalue weighted by atomic mass is 9.70. The van der Waals surface area contributed by atoms with E-state index in [4.69, 9.17) is 0 Å². The predicted molar refractivity (Wildman–Crippen MR) is 81.0 cm³/mol. The Hall–Kier alpha value is 0.0400. The second kappa shape index (κ2) is 8.26. The zero-order valence-electron chi connectivity index (χ0n) is 11.5. The molecule has 0 spiro atoms. The minimum absolute atomic E-state index is 0.221. The Morgan fingerprint density at radius 3 is 1.72 bits per heavy atom. The molecule has 104 valence electrons. The van der Waals surface area contributed by atoms with Gasteiger partial charge in [0.05, 0.1) is 0 Å². The highest BCUT2D eigenvalue weighted by Gasteiger charge is 2.31. The van der Waals surface area contributed by atoms with E-state index in [1.165, 1.54) is 55.6 Å². The van der Waals surface area contributed by atoms with Crippen LogP contribution in [0.15, 0.2) is 0 Å². The predicted octanol–water partition coefficient (Wildman–Crippen LogP) is 4.28. The molecule has 1 aliphatic carbocycles. The summed E-state index contributed by atoms with van der Waals surface area (Å²) in [5.41, 5.74) is 0.406. The SMILES string of the molecule is CC(=O)SCCC1(CCSC(C)=O)CCCCC1. The van der Waals surface area contributed by atoms with Crippen LogP contribution in [0.25, 0.3) is 0 Å². The second-order valence-corrected chi connectivity index (χ2v) is 7.78. The lowest BCUT2D eigenvalue weighted by molar-refractivity contribution is -0.109. The van der Waals surface area contributed by atoms with Crippen molar-refractivity contribution in [2.45, 2.75) is 58.8 Å². The first-order chi connectivity index (χ1) is 8.54. The molecule has 1 fully saturated rings. The summed E-state index contributed by atoms with van der Waals surface area (Å²) in [5, 5.41) is 0.443. The van der Waals surface area contributed by atoms with Gasteiger partial charge in [-0.15, -0.1) is 0 Å². The summed E-state index contributed by atoms with van der Waals surface area (Å²) in [7, 11) is 0. The van der Waals surface area contributed by atoms with Crippen LogP contribution in [-0.2, 0) is 9.59 Å². The number of hydrogen-bond acceptors (Lipinski definition) is 4. The maximum Gasteiger partial charge on any atom is 0.185 e. The van der Waals surface area contributed by atoms with Crippen molar-refractivity contribution in [3.63, 3.8) is 0 Å². The molecule has 0 heterocycles. The minimum atomic E-state index is 0.221. The number of carbonyl (C=O) groups is 2. The van der Waals surface area contributed by atoms with Crippen molar-refractivity contribution in [3.05, 3.63) is 0 Å². The first-order valence-electron chi connectivity index (χ1n) is 6.81. The number of hydrogen-bond donors (Lipinski definition) is 0. The van der Waals surface area contributed by atoms with E-state index < -0.39 is 0 Å². The van der Waals surface area contributed by atoms with Gasteiger partial charge in [0.15, 0.2) is 10.2 Å². The van der Waals surface area contributed by atoms with Crippen LogP contribution in [0.3, 0.4) is 0 Å². The highest BCUT2D eigenvalue weighted by Crippen LogP contribution is 2.43. The number of carbonyl (C=O) groups excluding carboxylic acids is 2. The maximum absolute atomic E-state index is 11.0. The third-order valence-electron chi connectivity index (χ3n) is 3.79. The van der Waals surface area contributed by atoms with Crippen LogP contribution in [0.2, 0.25) is 0 Å². The van der Waals surface area contributed by atoms with Gasteiger partial charge in [0, 0.05) is 25.4 Å². The summed E-state index contributed by atoms with van der Waals surface area (Å²) in [6.07, 6.45) is 8.81. The molecule has 18 heavy (non-hydrogen) atoms. The van der Waals surface area contributed by atoms with Gasteiger partial charge in [-0.2, -0.15) is 0 Å². The maximum atomic E-state index is 11.0. The third-order valence-corrected chi connectivity index (χ3v) is 5.42. The topological polar surface area (TPSA) is 34.1 Å². The standard InChI is InChI=1S/C14H24O2S2/c1-12(15)17-10-8-14(6-4-3-5-7-14)9-11-18-13(2)16/h3-11H2,1-2H3. The molecule has 1 rings (SSSR count). The van der Waals surface area contributed by atoms with E-state index in [9.17, 15) is 9.59 Å². The molecule has 0 radical (unpaired) electrons. The molecule has 0 aromatic rings. The molecule has 0 aromatic heterocycles. The van der Waals surface area contributed by atoms with Crippen LogP contribution in [0.4, 0.5) is 0 Å². The Morgan fingerprint density at radius 2 is 1.33 bits per heavy atom. The fraction of sp³-hybridized carbons (Fsp3) is 0.857.